The van der Waals surface area contributed by atoms with E-state index in [1.54, 1.807) is 0 Å². The SMILES string of the molecule is c1ccc(N(c2cccc(N(c3ccccc3)c3ccc4c(c3)oc3ccccc34)c2)c2ccc3c(ccc4c5ccccc5[se]c34)c2)cc1. The molecule has 2 aromatic heterocycles. The molecule has 0 N–H and O–H groups in total. The van der Waals surface area contributed by atoms with Gasteiger partial charge >= 0.3 is 222 Å². The zero-order valence-corrected chi connectivity index (χ0v) is 28.7. The van der Waals surface area contributed by atoms with Crippen LogP contribution in [-0.4, -0.2) is 14.5 Å². The zero-order valence-electron chi connectivity index (χ0n) is 27.0. The van der Waals surface area contributed by atoms with Crippen LogP contribution in [0.25, 0.3) is 52.0 Å². The average molecular weight is 706 g/mol. The van der Waals surface area contributed by atoms with Crippen molar-refractivity contribution in [1.29, 1.82) is 0 Å². The summed E-state index contributed by atoms with van der Waals surface area (Å²) in [6.45, 7) is 0. The molecule has 4 heteroatoms. The van der Waals surface area contributed by atoms with E-state index < -0.39 is 0 Å². The maximum absolute atomic E-state index is 6.34. The summed E-state index contributed by atoms with van der Waals surface area (Å²) in [5.74, 6) is 0. The third-order valence-corrected chi connectivity index (χ3v) is 12.2. The Balaban J connectivity index is 1.12. The first-order valence-electron chi connectivity index (χ1n) is 16.8. The monoisotopic (exact) mass is 706 g/mol. The fourth-order valence-electron chi connectivity index (χ4n) is 7.31. The fraction of sp³-hybridized carbons (Fsp3) is 0. The molecule has 10 aromatic rings. The number of furan rings is 1. The number of fused-ring (bicyclic) bond motifs is 8. The molecule has 0 atom stereocenters. The first-order chi connectivity index (χ1) is 24.8. The normalized spacial score (nSPS) is 11.6. The zero-order chi connectivity index (χ0) is 33.0. The molecule has 3 nitrogen and oxygen atoms in total. The molecule has 50 heavy (non-hydrogen) atoms. The van der Waals surface area contributed by atoms with E-state index in [9.17, 15) is 0 Å². The molecule has 0 radical (unpaired) electrons. The predicted molar refractivity (Wildman–Crippen MR) is 213 cm³/mol. The van der Waals surface area contributed by atoms with Crippen LogP contribution in [0, 0.1) is 0 Å². The van der Waals surface area contributed by atoms with Crippen LogP contribution < -0.4 is 9.80 Å². The van der Waals surface area contributed by atoms with Gasteiger partial charge in [-0.05, 0) is 12.1 Å². The maximum atomic E-state index is 6.34. The first-order valence-corrected chi connectivity index (χ1v) is 18.6. The van der Waals surface area contributed by atoms with Crippen LogP contribution in [0.2, 0.25) is 0 Å². The number of benzene rings is 8. The van der Waals surface area contributed by atoms with Crippen LogP contribution in [0.5, 0.6) is 0 Å². The number of rotatable bonds is 6. The minimum absolute atomic E-state index is 0.298. The fourth-order valence-corrected chi connectivity index (χ4v) is 9.91. The standard InChI is InChI=1S/C46H30N2OSe/c1-3-12-32(13-4-1)47(36-23-26-38-31(28-36)22-25-42-41-19-8-10-21-45(41)50-46(38)42)34-16-11-17-35(29-34)48(33-14-5-2-6-15-33)37-24-27-40-39-18-7-9-20-43(39)49-44(40)30-37/h1-30H. The molecule has 0 aliphatic carbocycles. The number of nitrogens with zero attached hydrogens (tertiary/aromatic N) is 2. The van der Waals surface area contributed by atoms with Crippen molar-refractivity contribution < 1.29 is 4.42 Å². The van der Waals surface area contributed by atoms with E-state index in [0.29, 0.717) is 14.5 Å². The van der Waals surface area contributed by atoms with Gasteiger partial charge in [0.2, 0.25) is 0 Å². The Morgan fingerprint density at radius 2 is 0.880 bits per heavy atom. The van der Waals surface area contributed by atoms with Crippen molar-refractivity contribution in [2.45, 2.75) is 0 Å². The molecular weight excluding hydrogens is 675 g/mol. The molecule has 0 saturated heterocycles. The number of hydrogen-bond acceptors (Lipinski definition) is 3. The number of para-hydroxylation sites is 3. The van der Waals surface area contributed by atoms with Gasteiger partial charge in [0.15, 0.2) is 0 Å². The third-order valence-electron chi connectivity index (χ3n) is 9.60. The van der Waals surface area contributed by atoms with Crippen LogP contribution in [-0.2, 0) is 0 Å². The Bertz CT molecular complexity index is 2840. The van der Waals surface area contributed by atoms with E-state index in [1.165, 1.54) is 30.1 Å². The van der Waals surface area contributed by atoms with E-state index in [4.69, 9.17) is 4.42 Å². The Labute approximate surface area is 295 Å². The van der Waals surface area contributed by atoms with Gasteiger partial charge in [-0.2, -0.15) is 0 Å². The van der Waals surface area contributed by atoms with Crippen LogP contribution in [0.3, 0.4) is 0 Å². The van der Waals surface area contributed by atoms with Gasteiger partial charge in [0, 0.05) is 10.8 Å². The summed E-state index contributed by atoms with van der Waals surface area (Å²) in [6, 6.07) is 65.3. The average Bonchev–Trinajstić information content (AvgIpc) is 3.74. The van der Waals surface area contributed by atoms with Crippen LogP contribution >= 0.6 is 0 Å². The third kappa shape index (κ3) is 4.81. The topological polar surface area (TPSA) is 19.6 Å². The van der Waals surface area contributed by atoms with Crippen molar-refractivity contribution in [3.63, 3.8) is 0 Å². The van der Waals surface area contributed by atoms with Crippen LogP contribution in [0.4, 0.5) is 34.1 Å². The van der Waals surface area contributed by atoms with E-state index >= 15 is 0 Å². The Hall–Kier alpha value is -6.06. The van der Waals surface area contributed by atoms with Crippen molar-refractivity contribution in [2.75, 3.05) is 9.80 Å². The van der Waals surface area contributed by atoms with Crippen molar-refractivity contribution in [3.8, 4) is 0 Å². The van der Waals surface area contributed by atoms with Crippen molar-refractivity contribution in [2.24, 2.45) is 0 Å². The van der Waals surface area contributed by atoms with Gasteiger partial charge in [-0.1, -0.05) is 36.4 Å². The molecule has 2 heterocycles. The van der Waals surface area contributed by atoms with Crippen molar-refractivity contribution >= 4 is 101 Å². The molecule has 0 unspecified atom stereocenters. The molecule has 0 saturated carbocycles. The molecule has 10 rings (SSSR count). The summed E-state index contributed by atoms with van der Waals surface area (Å²) in [6.07, 6.45) is 0. The Morgan fingerprint density at radius 3 is 1.62 bits per heavy atom. The molecule has 0 fully saturated rings. The molecule has 0 spiro atoms. The minimum atomic E-state index is 0.298. The predicted octanol–water partition coefficient (Wildman–Crippen LogP) is 13.0. The van der Waals surface area contributed by atoms with Gasteiger partial charge in [-0.3, -0.25) is 0 Å². The van der Waals surface area contributed by atoms with Crippen LogP contribution in [0.1, 0.15) is 0 Å². The summed E-state index contributed by atoms with van der Waals surface area (Å²) in [5.41, 5.74) is 8.26. The molecule has 236 valence electrons. The molecular formula is C46H30N2OSe. The first kappa shape index (κ1) is 28.9. The Kier molecular flexibility index (Phi) is 6.83. The van der Waals surface area contributed by atoms with Gasteiger partial charge in [0.25, 0.3) is 0 Å². The molecule has 0 aliphatic heterocycles. The summed E-state index contributed by atoms with van der Waals surface area (Å²) >= 11 is 0.298. The number of hydrogen-bond donors (Lipinski definition) is 0. The second-order valence-electron chi connectivity index (χ2n) is 12.6. The van der Waals surface area contributed by atoms with E-state index in [2.05, 4.69) is 180 Å². The second kappa shape index (κ2) is 11.8. The van der Waals surface area contributed by atoms with E-state index in [-0.39, 0.29) is 0 Å². The number of anilines is 6. The van der Waals surface area contributed by atoms with Gasteiger partial charge in [0.1, 0.15) is 11.2 Å². The van der Waals surface area contributed by atoms with E-state index in [1.807, 2.05) is 12.1 Å². The van der Waals surface area contributed by atoms with Crippen molar-refractivity contribution in [3.05, 3.63) is 182 Å². The summed E-state index contributed by atoms with van der Waals surface area (Å²) in [4.78, 5) is 4.67. The van der Waals surface area contributed by atoms with Gasteiger partial charge < -0.3 is 4.42 Å². The summed E-state index contributed by atoms with van der Waals surface area (Å²) in [7, 11) is 0. The van der Waals surface area contributed by atoms with E-state index in [0.717, 1.165) is 56.1 Å². The molecule has 0 amide bonds. The van der Waals surface area contributed by atoms with Crippen LogP contribution in [0.15, 0.2) is 186 Å². The summed E-state index contributed by atoms with van der Waals surface area (Å²) in [5, 5.41) is 7.63. The van der Waals surface area contributed by atoms with Gasteiger partial charge in [-0.15, -0.1) is 0 Å². The molecule has 0 bridgehead atoms. The molecule has 0 aliphatic rings. The molecule has 8 aromatic carbocycles. The van der Waals surface area contributed by atoms with Gasteiger partial charge in [0.05, 0.1) is 0 Å². The Morgan fingerprint density at radius 1 is 0.340 bits per heavy atom. The summed E-state index contributed by atoms with van der Waals surface area (Å²) < 4.78 is 9.29. The second-order valence-corrected chi connectivity index (χ2v) is 14.8. The quantitative estimate of drug-likeness (QED) is 0.161. The van der Waals surface area contributed by atoms with Gasteiger partial charge in [-0.25, -0.2) is 0 Å². The van der Waals surface area contributed by atoms with Crippen molar-refractivity contribution in [1.82, 2.24) is 0 Å².